The van der Waals surface area contributed by atoms with Crippen molar-refractivity contribution in [3.05, 3.63) is 34.9 Å². The van der Waals surface area contributed by atoms with E-state index in [1.807, 2.05) is 0 Å². The molecule has 0 fully saturated rings. The standard InChI is InChI=1S/C14H16ClNO4/c1-3-20-14(18)9-16-13(17)7-5-10-4-6-12(19-2)11(15)8-10/h4-8H,3,9H2,1-2H3,(H,16,17)/b7-5+. The summed E-state index contributed by atoms with van der Waals surface area (Å²) < 4.78 is 9.71. The van der Waals surface area contributed by atoms with Gasteiger partial charge in [0.2, 0.25) is 5.91 Å². The number of hydrogen-bond donors (Lipinski definition) is 1. The maximum absolute atomic E-state index is 11.5. The molecule has 108 valence electrons. The lowest BCUT2D eigenvalue weighted by Gasteiger charge is -2.03. The molecule has 0 bridgehead atoms. The first-order valence-electron chi connectivity index (χ1n) is 6.02. The number of methoxy groups -OCH3 is 1. The first-order valence-corrected chi connectivity index (χ1v) is 6.39. The van der Waals surface area contributed by atoms with E-state index in [9.17, 15) is 9.59 Å². The number of carbonyl (C=O) groups excluding carboxylic acids is 2. The Hall–Kier alpha value is -2.01. The molecular formula is C14H16ClNO4. The number of ether oxygens (including phenoxy) is 2. The molecule has 1 aromatic rings. The molecule has 1 rings (SSSR count). The Morgan fingerprint density at radius 3 is 2.75 bits per heavy atom. The number of amides is 1. The highest BCUT2D eigenvalue weighted by Crippen LogP contribution is 2.25. The number of rotatable bonds is 6. The van der Waals surface area contributed by atoms with E-state index in [2.05, 4.69) is 10.1 Å². The molecule has 6 heteroatoms. The van der Waals surface area contributed by atoms with Crippen LogP contribution in [0.2, 0.25) is 5.02 Å². The van der Waals surface area contributed by atoms with Crippen LogP contribution in [0.3, 0.4) is 0 Å². The van der Waals surface area contributed by atoms with Crippen LogP contribution in [-0.2, 0) is 14.3 Å². The third-order valence-electron chi connectivity index (χ3n) is 2.32. The minimum absolute atomic E-state index is 0.152. The first kappa shape index (κ1) is 16.0. The molecule has 0 aliphatic carbocycles. The average Bonchev–Trinajstić information content (AvgIpc) is 2.43. The van der Waals surface area contributed by atoms with Crippen molar-refractivity contribution in [3.63, 3.8) is 0 Å². The fourth-order valence-corrected chi connectivity index (χ4v) is 1.65. The van der Waals surface area contributed by atoms with Crippen molar-refractivity contribution in [2.45, 2.75) is 6.92 Å². The quantitative estimate of drug-likeness (QED) is 0.645. The van der Waals surface area contributed by atoms with Crippen LogP contribution >= 0.6 is 11.6 Å². The molecule has 20 heavy (non-hydrogen) atoms. The molecular weight excluding hydrogens is 282 g/mol. The zero-order valence-corrected chi connectivity index (χ0v) is 12.1. The van der Waals surface area contributed by atoms with Gasteiger partial charge in [-0.2, -0.15) is 0 Å². The summed E-state index contributed by atoms with van der Waals surface area (Å²) in [5.41, 5.74) is 0.752. The molecule has 0 unspecified atom stereocenters. The van der Waals surface area contributed by atoms with E-state index in [0.29, 0.717) is 10.8 Å². The van der Waals surface area contributed by atoms with Gasteiger partial charge in [-0.15, -0.1) is 0 Å². The van der Waals surface area contributed by atoms with Crippen molar-refractivity contribution in [1.29, 1.82) is 0 Å². The molecule has 1 N–H and O–H groups in total. The van der Waals surface area contributed by atoms with E-state index in [1.54, 1.807) is 31.2 Å². The van der Waals surface area contributed by atoms with Crippen LogP contribution in [0.25, 0.3) is 6.08 Å². The predicted octanol–water partition coefficient (Wildman–Crippen LogP) is 2.04. The number of halogens is 1. The summed E-state index contributed by atoms with van der Waals surface area (Å²) in [5, 5.41) is 2.88. The van der Waals surface area contributed by atoms with Gasteiger partial charge in [-0.1, -0.05) is 17.7 Å². The first-order chi connectivity index (χ1) is 9.56. The second kappa shape index (κ2) is 8.22. The fourth-order valence-electron chi connectivity index (χ4n) is 1.39. The number of benzene rings is 1. The lowest BCUT2D eigenvalue weighted by atomic mass is 10.2. The zero-order valence-electron chi connectivity index (χ0n) is 11.3. The SMILES string of the molecule is CCOC(=O)CNC(=O)/C=C/c1ccc(OC)c(Cl)c1. The fraction of sp³-hybridized carbons (Fsp3) is 0.286. The predicted molar refractivity (Wildman–Crippen MR) is 76.7 cm³/mol. The topological polar surface area (TPSA) is 64.6 Å². The third-order valence-corrected chi connectivity index (χ3v) is 2.61. The van der Waals surface area contributed by atoms with E-state index in [0.717, 1.165) is 5.56 Å². The van der Waals surface area contributed by atoms with E-state index in [1.165, 1.54) is 13.2 Å². The van der Waals surface area contributed by atoms with Gasteiger partial charge in [0.25, 0.3) is 0 Å². The largest absolute Gasteiger partial charge is 0.495 e. The van der Waals surface area contributed by atoms with Crippen LogP contribution in [0.1, 0.15) is 12.5 Å². The third kappa shape index (κ3) is 5.32. The Balaban J connectivity index is 2.53. The van der Waals surface area contributed by atoms with Gasteiger partial charge in [0, 0.05) is 6.08 Å². The summed E-state index contributed by atoms with van der Waals surface area (Å²) in [4.78, 5) is 22.5. The van der Waals surface area contributed by atoms with Crippen molar-refractivity contribution in [2.24, 2.45) is 0 Å². The van der Waals surface area contributed by atoms with Gasteiger partial charge in [-0.25, -0.2) is 0 Å². The minimum atomic E-state index is -0.471. The van der Waals surface area contributed by atoms with Crippen LogP contribution in [0.5, 0.6) is 5.75 Å². The second-order valence-corrected chi connectivity index (χ2v) is 4.16. The lowest BCUT2D eigenvalue weighted by Crippen LogP contribution is -2.29. The molecule has 0 saturated heterocycles. The monoisotopic (exact) mass is 297 g/mol. The van der Waals surface area contributed by atoms with Crippen molar-refractivity contribution in [1.82, 2.24) is 5.32 Å². The molecule has 0 atom stereocenters. The van der Waals surface area contributed by atoms with Gasteiger partial charge in [0.05, 0.1) is 18.7 Å². The summed E-state index contributed by atoms with van der Waals surface area (Å²) >= 11 is 5.96. The van der Waals surface area contributed by atoms with Crippen molar-refractivity contribution in [2.75, 3.05) is 20.3 Å². The van der Waals surface area contributed by atoms with Crippen LogP contribution in [0.15, 0.2) is 24.3 Å². The van der Waals surface area contributed by atoms with Crippen LogP contribution < -0.4 is 10.1 Å². The van der Waals surface area contributed by atoms with Gasteiger partial charge in [0.15, 0.2) is 0 Å². The summed E-state index contributed by atoms with van der Waals surface area (Å²) in [6.07, 6.45) is 2.91. The Labute approximate surface area is 122 Å². The molecule has 0 aliphatic heterocycles. The summed E-state index contributed by atoms with van der Waals surface area (Å²) in [7, 11) is 1.53. The maximum Gasteiger partial charge on any atom is 0.325 e. The Morgan fingerprint density at radius 1 is 1.40 bits per heavy atom. The Bertz CT molecular complexity index is 514. The zero-order chi connectivity index (χ0) is 15.0. The molecule has 1 aromatic carbocycles. The molecule has 1 amide bonds. The molecule has 0 aliphatic rings. The maximum atomic E-state index is 11.5. The smallest absolute Gasteiger partial charge is 0.325 e. The Morgan fingerprint density at radius 2 is 2.15 bits per heavy atom. The molecule has 0 radical (unpaired) electrons. The average molecular weight is 298 g/mol. The van der Waals surface area contributed by atoms with E-state index in [-0.39, 0.29) is 19.1 Å². The van der Waals surface area contributed by atoms with E-state index < -0.39 is 5.97 Å². The van der Waals surface area contributed by atoms with Gasteiger partial charge in [0.1, 0.15) is 12.3 Å². The summed E-state index contributed by atoms with van der Waals surface area (Å²) in [6, 6.07) is 5.15. The molecule has 0 heterocycles. The normalized spacial score (nSPS) is 10.3. The van der Waals surface area contributed by atoms with Crippen LogP contribution in [0, 0.1) is 0 Å². The van der Waals surface area contributed by atoms with Crippen molar-refractivity contribution < 1.29 is 19.1 Å². The summed E-state index contributed by atoms with van der Waals surface area (Å²) in [6.45, 7) is 1.84. The second-order valence-electron chi connectivity index (χ2n) is 3.75. The van der Waals surface area contributed by atoms with E-state index in [4.69, 9.17) is 16.3 Å². The number of carbonyl (C=O) groups is 2. The van der Waals surface area contributed by atoms with Crippen molar-refractivity contribution in [3.8, 4) is 5.75 Å². The van der Waals surface area contributed by atoms with Crippen LogP contribution in [0.4, 0.5) is 0 Å². The molecule has 0 saturated carbocycles. The number of hydrogen-bond acceptors (Lipinski definition) is 4. The number of nitrogens with one attached hydrogen (secondary N) is 1. The van der Waals surface area contributed by atoms with Gasteiger partial charge in [-0.3, -0.25) is 9.59 Å². The minimum Gasteiger partial charge on any atom is -0.495 e. The highest BCUT2D eigenvalue weighted by atomic mass is 35.5. The van der Waals surface area contributed by atoms with Crippen LogP contribution in [-0.4, -0.2) is 32.1 Å². The van der Waals surface area contributed by atoms with Gasteiger partial charge < -0.3 is 14.8 Å². The lowest BCUT2D eigenvalue weighted by molar-refractivity contribution is -0.143. The van der Waals surface area contributed by atoms with Gasteiger partial charge >= 0.3 is 5.97 Å². The Kier molecular flexibility index (Phi) is 6.59. The molecule has 5 nitrogen and oxygen atoms in total. The highest BCUT2D eigenvalue weighted by Gasteiger charge is 2.03. The van der Waals surface area contributed by atoms with Gasteiger partial charge in [-0.05, 0) is 30.7 Å². The summed E-state index contributed by atoms with van der Waals surface area (Å²) in [5.74, 6) is -0.290. The molecule has 0 spiro atoms. The number of esters is 1. The van der Waals surface area contributed by atoms with Crippen molar-refractivity contribution >= 4 is 29.6 Å². The highest BCUT2D eigenvalue weighted by molar-refractivity contribution is 6.32. The van der Waals surface area contributed by atoms with E-state index >= 15 is 0 Å². The molecule has 0 aromatic heterocycles.